The lowest BCUT2D eigenvalue weighted by atomic mass is 10.1. The van der Waals surface area contributed by atoms with E-state index in [1.54, 1.807) is 24.5 Å². The Hall–Kier alpha value is -2.85. The molecular formula is C20H18ClN3O. The summed E-state index contributed by atoms with van der Waals surface area (Å²) in [4.78, 5) is 16.6. The standard InChI is InChI=1S/C20H18ClN3O/c1-14(15-7-3-2-4-8-15)23-20(25)16-11-17(13-22-12-16)24-19-10-6-5-9-18(19)21/h2-14,24H,1H3,(H,23,25). The SMILES string of the molecule is CC(NC(=O)c1cncc(Nc2ccccc2Cl)c1)c1ccccc1. The van der Waals surface area contributed by atoms with Gasteiger partial charge in [-0.1, -0.05) is 54.1 Å². The molecule has 1 amide bonds. The van der Waals surface area contributed by atoms with Gasteiger partial charge in [-0.3, -0.25) is 9.78 Å². The summed E-state index contributed by atoms with van der Waals surface area (Å²) >= 11 is 6.15. The Balaban J connectivity index is 1.72. The van der Waals surface area contributed by atoms with Crippen molar-refractivity contribution in [3.05, 3.63) is 89.2 Å². The molecule has 5 heteroatoms. The highest BCUT2D eigenvalue weighted by atomic mass is 35.5. The number of aromatic nitrogens is 1. The maximum absolute atomic E-state index is 12.5. The van der Waals surface area contributed by atoms with Gasteiger partial charge in [0.15, 0.2) is 0 Å². The van der Waals surface area contributed by atoms with Crippen LogP contribution in [0.15, 0.2) is 73.1 Å². The Kier molecular flexibility index (Phi) is 5.31. The molecule has 0 aliphatic rings. The number of benzene rings is 2. The zero-order valence-corrected chi connectivity index (χ0v) is 14.5. The van der Waals surface area contributed by atoms with Crippen molar-refractivity contribution in [1.82, 2.24) is 10.3 Å². The van der Waals surface area contributed by atoms with Crippen LogP contribution in [0.1, 0.15) is 28.9 Å². The highest BCUT2D eigenvalue weighted by Gasteiger charge is 2.12. The van der Waals surface area contributed by atoms with Crippen LogP contribution < -0.4 is 10.6 Å². The first-order chi connectivity index (χ1) is 12.1. The summed E-state index contributed by atoms with van der Waals surface area (Å²) in [5, 5.41) is 6.77. The van der Waals surface area contributed by atoms with Crippen molar-refractivity contribution < 1.29 is 4.79 Å². The topological polar surface area (TPSA) is 54.0 Å². The number of pyridine rings is 1. The van der Waals surface area contributed by atoms with E-state index in [1.807, 2.05) is 55.5 Å². The van der Waals surface area contributed by atoms with E-state index in [9.17, 15) is 4.79 Å². The minimum atomic E-state index is -0.174. The van der Waals surface area contributed by atoms with E-state index >= 15 is 0 Å². The first-order valence-electron chi connectivity index (χ1n) is 7.96. The lowest BCUT2D eigenvalue weighted by Gasteiger charge is -2.15. The summed E-state index contributed by atoms with van der Waals surface area (Å²) in [6, 6.07) is 18.9. The Morgan fingerprint density at radius 1 is 1.04 bits per heavy atom. The van der Waals surface area contributed by atoms with Crippen molar-refractivity contribution in [2.75, 3.05) is 5.32 Å². The number of hydrogen-bond acceptors (Lipinski definition) is 3. The van der Waals surface area contributed by atoms with E-state index in [-0.39, 0.29) is 11.9 Å². The quantitative estimate of drug-likeness (QED) is 0.682. The molecule has 0 saturated carbocycles. The minimum Gasteiger partial charge on any atom is -0.353 e. The third kappa shape index (κ3) is 4.37. The van der Waals surface area contributed by atoms with Crippen LogP contribution in [-0.2, 0) is 0 Å². The monoisotopic (exact) mass is 351 g/mol. The molecule has 3 rings (SSSR count). The number of carbonyl (C=O) groups excluding carboxylic acids is 1. The lowest BCUT2D eigenvalue weighted by Crippen LogP contribution is -2.26. The molecule has 1 atom stereocenters. The number of carbonyl (C=O) groups is 1. The van der Waals surface area contributed by atoms with Gasteiger partial charge in [-0.15, -0.1) is 0 Å². The van der Waals surface area contributed by atoms with Gasteiger partial charge in [-0.25, -0.2) is 0 Å². The van der Waals surface area contributed by atoms with Crippen LogP contribution in [-0.4, -0.2) is 10.9 Å². The molecule has 1 aromatic heterocycles. The molecule has 0 radical (unpaired) electrons. The molecule has 25 heavy (non-hydrogen) atoms. The molecule has 0 saturated heterocycles. The number of hydrogen-bond donors (Lipinski definition) is 2. The molecule has 0 fully saturated rings. The third-order valence-electron chi connectivity index (χ3n) is 3.80. The number of halogens is 1. The highest BCUT2D eigenvalue weighted by molar-refractivity contribution is 6.33. The molecule has 0 bridgehead atoms. The Labute approximate surface area is 151 Å². The van der Waals surface area contributed by atoms with Gasteiger partial charge in [0.1, 0.15) is 0 Å². The molecule has 2 aromatic carbocycles. The van der Waals surface area contributed by atoms with Crippen LogP contribution in [0.25, 0.3) is 0 Å². The molecule has 4 nitrogen and oxygen atoms in total. The highest BCUT2D eigenvalue weighted by Crippen LogP contribution is 2.24. The van der Waals surface area contributed by atoms with Crippen LogP contribution in [0.2, 0.25) is 5.02 Å². The van der Waals surface area contributed by atoms with Crippen molar-refractivity contribution in [2.24, 2.45) is 0 Å². The predicted molar refractivity (Wildman–Crippen MR) is 101 cm³/mol. The molecule has 126 valence electrons. The second kappa shape index (κ2) is 7.81. The van der Waals surface area contributed by atoms with Crippen molar-refractivity contribution in [1.29, 1.82) is 0 Å². The average molecular weight is 352 g/mol. The fourth-order valence-electron chi connectivity index (χ4n) is 2.46. The largest absolute Gasteiger partial charge is 0.353 e. The second-order valence-electron chi connectivity index (χ2n) is 5.67. The van der Waals surface area contributed by atoms with E-state index in [4.69, 9.17) is 11.6 Å². The first kappa shape index (κ1) is 17.0. The van der Waals surface area contributed by atoms with Crippen molar-refractivity contribution in [2.45, 2.75) is 13.0 Å². The molecule has 2 N–H and O–H groups in total. The average Bonchev–Trinajstić information content (AvgIpc) is 2.64. The number of amides is 1. The fourth-order valence-corrected chi connectivity index (χ4v) is 2.64. The van der Waals surface area contributed by atoms with Gasteiger partial charge in [-0.05, 0) is 30.7 Å². The van der Waals surface area contributed by atoms with Crippen molar-refractivity contribution in [3.63, 3.8) is 0 Å². The van der Waals surface area contributed by atoms with E-state index in [2.05, 4.69) is 15.6 Å². The molecule has 0 spiro atoms. The van der Waals surface area contributed by atoms with Gasteiger partial charge >= 0.3 is 0 Å². The van der Waals surface area contributed by atoms with Crippen molar-refractivity contribution >= 4 is 28.9 Å². The van der Waals surface area contributed by atoms with Gasteiger partial charge < -0.3 is 10.6 Å². The fraction of sp³-hybridized carbons (Fsp3) is 0.100. The number of nitrogens with one attached hydrogen (secondary N) is 2. The Morgan fingerprint density at radius 2 is 1.76 bits per heavy atom. The predicted octanol–water partition coefficient (Wildman–Crippen LogP) is 4.97. The summed E-state index contributed by atoms with van der Waals surface area (Å²) in [6.45, 7) is 1.95. The first-order valence-corrected chi connectivity index (χ1v) is 8.33. The van der Waals surface area contributed by atoms with E-state index in [0.717, 1.165) is 11.3 Å². The van der Waals surface area contributed by atoms with Crippen LogP contribution in [0, 0.1) is 0 Å². The molecule has 1 heterocycles. The second-order valence-corrected chi connectivity index (χ2v) is 6.08. The summed E-state index contributed by atoms with van der Waals surface area (Å²) < 4.78 is 0. The minimum absolute atomic E-state index is 0.0890. The lowest BCUT2D eigenvalue weighted by molar-refractivity contribution is 0.0939. The molecule has 1 unspecified atom stereocenters. The summed E-state index contributed by atoms with van der Waals surface area (Å²) in [6.07, 6.45) is 3.20. The van der Waals surface area contributed by atoms with Crippen LogP contribution in [0.3, 0.4) is 0 Å². The molecule has 0 aliphatic carbocycles. The van der Waals surface area contributed by atoms with Gasteiger partial charge in [0, 0.05) is 6.20 Å². The van der Waals surface area contributed by atoms with Gasteiger partial charge in [0.05, 0.1) is 34.2 Å². The summed E-state index contributed by atoms with van der Waals surface area (Å²) in [7, 11) is 0. The number of rotatable bonds is 5. The summed E-state index contributed by atoms with van der Waals surface area (Å²) in [5.41, 5.74) is 3.00. The zero-order valence-electron chi connectivity index (χ0n) is 13.7. The van der Waals surface area contributed by atoms with Gasteiger partial charge in [-0.2, -0.15) is 0 Å². The molecule has 0 aliphatic heterocycles. The van der Waals surface area contributed by atoms with Crippen molar-refractivity contribution in [3.8, 4) is 0 Å². The van der Waals surface area contributed by atoms with Crippen LogP contribution in [0.5, 0.6) is 0 Å². The molecular weight excluding hydrogens is 334 g/mol. The van der Waals surface area contributed by atoms with E-state index < -0.39 is 0 Å². The maximum atomic E-state index is 12.5. The summed E-state index contributed by atoms with van der Waals surface area (Å²) in [5.74, 6) is -0.174. The van der Waals surface area contributed by atoms with E-state index in [0.29, 0.717) is 16.3 Å². The Morgan fingerprint density at radius 3 is 2.52 bits per heavy atom. The smallest absolute Gasteiger partial charge is 0.253 e. The van der Waals surface area contributed by atoms with E-state index in [1.165, 1.54) is 0 Å². The zero-order chi connectivity index (χ0) is 17.6. The maximum Gasteiger partial charge on any atom is 0.253 e. The molecule has 3 aromatic rings. The third-order valence-corrected chi connectivity index (χ3v) is 4.13. The van der Waals surface area contributed by atoms with Crippen LogP contribution >= 0.6 is 11.6 Å². The Bertz CT molecular complexity index is 868. The van der Waals surface area contributed by atoms with Gasteiger partial charge in [0.2, 0.25) is 0 Å². The normalized spacial score (nSPS) is 11.6. The van der Waals surface area contributed by atoms with Crippen LogP contribution in [0.4, 0.5) is 11.4 Å². The number of anilines is 2. The number of nitrogens with zero attached hydrogens (tertiary/aromatic N) is 1. The van der Waals surface area contributed by atoms with Gasteiger partial charge in [0.25, 0.3) is 5.91 Å². The number of para-hydroxylation sites is 1.